The van der Waals surface area contributed by atoms with Crippen molar-refractivity contribution in [2.45, 2.75) is 32.2 Å². The molecule has 2 aliphatic rings. The lowest BCUT2D eigenvalue weighted by molar-refractivity contribution is -0.128. The van der Waals surface area contributed by atoms with E-state index in [1.165, 1.54) is 25.3 Å². The van der Waals surface area contributed by atoms with E-state index in [2.05, 4.69) is 13.5 Å². The van der Waals surface area contributed by atoms with E-state index < -0.39 is 0 Å². The zero-order valence-electron chi connectivity index (χ0n) is 10.2. The fourth-order valence-electron chi connectivity index (χ4n) is 3.00. The maximum atomic E-state index is 11.6. The van der Waals surface area contributed by atoms with Crippen LogP contribution in [-0.2, 0) is 9.53 Å². The molecule has 2 atom stereocenters. The van der Waals surface area contributed by atoms with Crippen molar-refractivity contribution in [1.82, 2.24) is 4.90 Å². The van der Waals surface area contributed by atoms with Crippen LogP contribution in [-0.4, -0.2) is 37.1 Å². The minimum absolute atomic E-state index is 0.00317. The minimum atomic E-state index is 0.00317. The first-order chi connectivity index (χ1) is 7.58. The van der Waals surface area contributed by atoms with Crippen LogP contribution in [0, 0.1) is 11.3 Å². The van der Waals surface area contributed by atoms with Crippen molar-refractivity contribution in [1.29, 1.82) is 0 Å². The maximum Gasteiger partial charge on any atom is 0.246 e. The molecule has 0 aromatic rings. The molecule has 0 bridgehead atoms. The van der Waals surface area contributed by atoms with Gasteiger partial charge in [0.25, 0.3) is 0 Å². The van der Waals surface area contributed by atoms with Gasteiger partial charge in [-0.3, -0.25) is 4.79 Å². The summed E-state index contributed by atoms with van der Waals surface area (Å²) in [6.07, 6.45) is 5.25. The van der Waals surface area contributed by atoms with Crippen LogP contribution >= 0.6 is 0 Å². The van der Waals surface area contributed by atoms with Crippen LogP contribution in [0.5, 0.6) is 0 Å². The Kier molecular flexibility index (Phi) is 3.06. The average Bonchev–Trinajstić information content (AvgIpc) is 2.72. The molecular weight excluding hydrogens is 202 g/mol. The number of rotatable bonds is 3. The van der Waals surface area contributed by atoms with Crippen LogP contribution < -0.4 is 0 Å². The molecule has 0 radical (unpaired) electrons. The van der Waals surface area contributed by atoms with Gasteiger partial charge in [0.05, 0.1) is 19.3 Å². The predicted molar refractivity (Wildman–Crippen MR) is 63.0 cm³/mol. The standard InChI is InChI=1S/C13H21NO2/c1-4-12(15)14(3)11-9-16-8-10(11)13(2)6-5-7-13/h4,10-11H,1,5-9H2,2-3H3. The number of ether oxygens (including phenoxy) is 1. The number of amides is 1. The normalized spacial score (nSPS) is 31.9. The summed E-state index contributed by atoms with van der Waals surface area (Å²) in [4.78, 5) is 13.4. The van der Waals surface area contributed by atoms with Crippen molar-refractivity contribution in [2.75, 3.05) is 20.3 Å². The molecule has 1 saturated heterocycles. The summed E-state index contributed by atoms with van der Waals surface area (Å²) >= 11 is 0. The van der Waals surface area contributed by atoms with E-state index in [0.29, 0.717) is 17.9 Å². The van der Waals surface area contributed by atoms with Gasteiger partial charge >= 0.3 is 0 Å². The molecule has 2 unspecified atom stereocenters. The van der Waals surface area contributed by atoms with Gasteiger partial charge in [-0.25, -0.2) is 0 Å². The van der Waals surface area contributed by atoms with Crippen molar-refractivity contribution in [3.05, 3.63) is 12.7 Å². The second-order valence-corrected chi connectivity index (χ2v) is 5.37. The number of likely N-dealkylation sites (N-methyl/N-ethyl adjacent to an activating group) is 1. The first-order valence-corrected chi connectivity index (χ1v) is 6.05. The highest BCUT2D eigenvalue weighted by Crippen LogP contribution is 2.50. The fourth-order valence-corrected chi connectivity index (χ4v) is 3.00. The lowest BCUT2D eigenvalue weighted by Gasteiger charge is -2.46. The summed E-state index contributed by atoms with van der Waals surface area (Å²) in [5.74, 6) is 0.499. The van der Waals surface area contributed by atoms with Gasteiger partial charge in [0.1, 0.15) is 0 Å². The van der Waals surface area contributed by atoms with Crippen LogP contribution in [0.15, 0.2) is 12.7 Å². The number of hydrogen-bond donors (Lipinski definition) is 0. The number of hydrogen-bond acceptors (Lipinski definition) is 2. The summed E-state index contributed by atoms with van der Waals surface area (Å²) in [5.41, 5.74) is 0.386. The maximum absolute atomic E-state index is 11.6. The van der Waals surface area contributed by atoms with Crippen molar-refractivity contribution in [3.63, 3.8) is 0 Å². The van der Waals surface area contributed by atoms with Crippen LogP contribution in [0.2, 0.25) is 0 Å². The monoisotopic (exact) mass is 223 g/mol. The van der Waals surface area contributed by atoms with E-state index in [1.807, 2.05) is 7.05 Å². The van der Waals surface area contributed by atoms with Crippen LogP contribution in [0.25, 0.3) is 0 Å². The third kappa shape index (κ3) is 1.77. The summed E-state index contributed by atoms with van der Waals surface area (Å²) in [5, 5.41) is 0. The molecule has 16 heavy (non-hydrogen) atoms. The van der Waals surface area contributed by atoms with E-state index in [9.17, 15) is 4.79 Å². The Morgan fingerprint density at radius 2 is 2.19 bits per heavy atom. The van der Waals surface area contributed by atoms with Crippen LogP contribution in [0.4, 0.5) is 0 Å². The van der Waals surface area contributed by atoms with Gasteiger partial charge in [-0.05, 0) is 24.3 Å². The van der Waals surface area contributed by atoms with E-state index in [-0.39, 0.29) is 11.9 Å². The molecular formula is C13H21NO2. The van der Waals surface area contributed by atoms with Crippen LogP contribution in [0.3, 0.4) is 0 Å². The van der Waals surface area contributed by atoms with Gasteiger partial charge in [-0.1, -0.05) is 19.9 Å². The van der Waals surface area contributed by atoms with Gasteiger partial charge in [0.15, 0.2) is 0 Å². The number of carbonyl (C=O) groups excluding carboxylic acids is 1. The van der Waals surface area contributed by atoms with E-state index in [1.54, 1.807) is 4.90 Å². The quantitative estimate of drug-likeness (QED) is 0.683. The Labute approximate surface area is 97.5 Å². The molecule has 1 heterocycles. The van der Waals surface area contributed by atoms with Crippen molar-refractivity contribution < 1.29 is 9.53 Å². The molecule has 1 amide bonds. The highest BCUT2D eigenvalue weighted by atomic mass is 16.5. The highest BCUT2D eigenvalue weighted by Gasteiger charge is 2.47. The molecule has 3 heteroatoms. The second-order valence-electron chi connectivity index (χ2n) is 5.37. The Bertz CT molecular complexity index is 296. The smallest absolute Gasteiger partial charge is 0.246 e. The van der Waals surface area contributed by atoms with Crippen molar-refractivity contribution >= 4 is 5.91 Å². The van der Waals surface area contributed by atoms with E-state index in [4.69, 9.17) is 4.74 Å². The number of nitrogens with zero attached hydrogens (tertiary/aromatic N) is 1. The zero-order valence-corrected chi connectivity index (χ0v) is 10.2. The molecule has 1 aliphatic carbocycles. The Morgan fingerprint density at radius 3 is 2.69 bits per heavy atom. The van der Waals surface area contributed by atoms with Gasteiger partial charge in [0.2, 0.25) is 5.91 Å². The predicted octanol–water partition coefficient (Wildman–Crippen LogP) is 1.84. The molecule has 0 spiro atoms. The third-order valence-electron chi connectivity index (χ3n) is 4.46. The van der Waals surface area contributed by atoms with Gasteiger partial charge in [-0.15, -0.1) is 0 Å². The molecule has 2 fully saturated rings. The molecule has 2 rings (SSSR count). The molecule has 0 aromatic carbocycles. The molecule has 0 N–H and O–H groups in total. The van der Waals surface area contributed by atoms with Crippen molar-refractivity contribution in [2.24, 2.45) is 11.3 Å². The first kappa shape index (κ1) is 11.6. The lowest BCUT2D eigenvalue weighted by atomic mass is 9.61. The highest BCUT2D eigenvalue weighted by molar-refractivity contribution is 5.87. The lowest BCUT2D eigenvalue weighted by Crippen LogP contribution is -2.48. The SMILES string of the molecule is C=CC(=O)N(C)C1COCC1C1(C)CCC1. The van der Waals surface area contributed by atoms with Gasteiger partial charge in [0, 0.05) is 13.0 Å². The summed E-state index contributed by atoms with van der Waals surface area (Å²) in [6, 6.07) is 0.232. The zero-order chi connectivity index (χ0) is 11.8. The van der Waals surface area contributed by atoms with Crippen molar-refractivity contribution in [3.8, 4) is 0 Å². The summed E-state index contributed by atoms with van der Waals surface area (Å²) in [7, 11) is 1.86. The first-order valence-electron chi connectivity index (χ1n) is 6.05. The molecule has 90 valence electrons. The summed E-state index contributed by atoms with van der Waals surface area (Å²) in [6.45, 7) is 7.35. The second kappa shape index (κ2) is 4.21. The van der Waals surface area contributed by atoms with E-state index >= 15 is 0 Å². The summed E-state index contributed by atoms with van der Waals surface area (Å²) < 4.78 is 5.58. The third-order valence-corrected chi connectivity index (χ3v) is 4.46. The molecule has 3 nitrogen and oxygen atoms in total. The molecule has 1 saturated carbocycles. The topological polar surface area (TPSA) is 29.5 Å². The van der Waals surface area contributed by atoms with Gasteiger partial charge < -0.3 is 9.64 Å². The number of carbonyl (C=O) groups is 1. The molecule has 0 aromatic heterocycles. The van der Waals surface area contributed by atoms with E-state index in [0.717, 1.165) is 6.61 Å². The van der Waals surface area contributed by atoms with Crippen LogP contribution in [0.1, 0.15) is 26.2 Å². The fraction of sp³-hybridized carbons (Fsp3) is 0.769. The Morgan fingerprint density at radius 1 is 1.50 bits per heavy atom. The average molecular weight is 223 g/mol. The van der Waals surface area contributed by atoms with Gasteiger partial charge in [-0.2, -0.15) is 0 Å². The molecule has 1 aliphatic heterocycles. The Hall–Kier alpha value is -0.830. The largest absolute Gasteiger partial charge is 0.379 e. The minimum Gasteiger partial charge on any atom is -0.379 e. The Balaban J connectivity index is 2.08.